The van der Waals surface area contributed by atoms with E-state index in [1.165, 1.54) is 16.1 Å². The van der Waals surface area contributed by atoms with Crippen molar-refractivity contribution in [3.05, 3.63) is 66.1 Å². The number of alkyl halides is 6. The minimum atomic E-state index is -5.08. The first kappa shape index (κ1) is 32.5. The third kappa shape index (κ3) is 8.92. The molecular formula is C23H22F7N3O6S. The number of aromatic nitrogens is 1. The molecule has 1 aliphatic rings. The Balaban J connectivity index is 0.000000333. The van der Waals surface area contributed by atoms with E-state index in [2.05, 4.69) is 10.2 Å². The highest BCUT2D eigenvalue weighted by Gasteiger charge is 2.38. The molecule has 0 spiro atoms. The number of piperazine rings is 1. The van der Waals surface area contributed by atoms with E-state index in [1.54, 1.807) is 12.3 Å². The van der Waals surface area contributed by atoms with Crippen molar-refractivity contribution in [3.63, 3.8) is 0 Å². The van der Waals surface area contributed by atoms with Crippen LogP contribution in [0, 0.1) is 5.82 Å². The highest BCUT2D eigenvalue weighted by atomic mass is 32.2. The molecule has 4 rings (SSSR count). The highest BCUT2D eigenvalue weighted by Crippen LogP contribution is 2.26. The third-order valence-electron chi connectivity index (χ3n) is 5.25. The quantitative estimate of drug-likeness (QED) is 0.387. The van der Waals surface area contributed by atoms with Crippen LogP contribution in [0.5, 0.6) is 0 Å². The maximum absolute atomic E-state index is 13.1. The second-order valence-corrected chi connectivity index (χ2v) is 9.87. The van der Waals surface area contributed by atoms with E-state index in [1.807, 2.05) is 18.2 Å². The summed E-state index contributed by atoms with van der Waals surface area (Å²) >= 11 is 0. The summed E-state index contributed by atoms with van der Waals surface area (Å²) < 4.78 is 104. The molecule has 0 amide bonds. The van der Waals surface area contributed by atoms with Crippen molar-refractivity contribution in [2.75, 3.05) is 26.2 Å². The maximum atomic E-state index is 13.1. The lowest BCUT2D eigenvalue weighted by Crippen LogP contribution is -2.42. The van der Waals surface area contributed by atoms with Crippen LogP contribution in [0.2, 0.25) is 0 Å². The van der Waals surface area contributed by atoms with Crippen LogP contribution in [-0.2, 0) is 26.2 Å². The summed E-state index contributed by atoms with van der Waals surface area (Å²) in [5.41, 5.74) is 1.75. The maximum Gasteiger partial charge on any atom is 0.490 e. The monoisotopic (exact) mass is 601 g/mol. The van der Waals surface area contributed by atoms with Crippen LogP contribution in [-0.4, -0.2) is 78.0 Å². The summed E-state index contributed by atoms with van der Waals surface area (Å²) in [6.07, 6.45) is -8.59. The van der Waals surface area contributed by atoms with Gasteiger partial charge in [0.05, 0.1) is 10.4 Å². The van der Waals surface area contributed by atoms with Crippen LogP contribution < -0.4 is 5.32 Å². The van der Waals surface area contributed by atoms with E-state index < -0.39 is 40.1 Å². The van der Waals surface area contributed by atoms with Crippen LogP contribution in [0.4, 0.5) is 30.7 Å². The molecular weight excluding hydrogens is 579 g/mol. The number of aliphatic carboxylic acids is 2. The first-order valence-corrected chi connectivity index (χ1v) is 12.5. The number of fused-ring (bicyclic) bond motifs is 1. The predicted molar refractivity (Wildman–Crippen MR) is 126 cm³/mol. The molecule has 0 saturated carbocycles. The first-order valence-electron chi connectivity index (χ1n) is 11.1. The van der Waals surface area contributed by atoms with Gasteiger partial charge in [0, 0.05) is 44.3 Å². The Morgan fingerprint density at radius 2 is 1.35 bits per heavy atom. The SMILES string of the molecule is O=C(O)C(F)(F)F.O=C(O)C(F)(F)F.O=S(=O)(c1ccc(F)cc1)n1ccc2c(CN3CCNCC3)cccc21. The number of carboxylic acids is 2. The van der Waals surface area contributed by atoms with Gasteiger partial charge >= 0.3 is 24.3 Å². The van der Waals surface area contributed by atoms with Crippen molar-refractivity contribution in [1.82, 2.24) is 14.2 Å². The van der Waals surface area contributed by atoms with Crippen molar-refractivity contribution in [2.45, 2.75) is 23.8 Å². The molecule has 40 heavy (non-hydrogen) atoms. The molecule has 2 heterocycles. The number of benzene rings is 2. The molecule has 220 valence electrons. The molecule has 3 aromatic rings. The minimum absolute atomic E-state index is 0.0731. The average Bonchev–Trinajstić information content (AvgIpc) is 3.31. The van der Waals surface area contributed by atoms with E-state index in [-0.39, 0.29) is 4.90 Å². The lowest BCUT2D eigenvalue weighted by molar-refractivity contribution is -0.193. The molecule has 1 fully saturated rings. The zero-order chi connectivity index (χ0) is 30.3. The van der Waals surface area contributed by atoms with Crippen molar-refractivity contribution in [2.24, 2.45) is 0 Å². The second kappa shape index (κ2) is 13.1. The summed E-state index contributed by atoms with van der Waals surface area (Å²) in [5, 5.41) is 18.5. The Labute approximate surface area is 222 Å². The molecule has 0 aliphatic carbocycles. The van der Waals surface area contributed by atoms with Gasteiger partial charge in [-0.3, -0.25) is 4.90 Å². The molecule has 1 aliphatic heterocycles. The molecule has 17 heteroatoms. The first-order chi connectivity index (χ1) is 18.4. The Bertz CT molecular complexity index is 1390. The Hall–Kier alpha value is -3.70. The summed E-state index contributed by atoms with van der Waals surface area (Å²) in [6.45, 7) is 4.68. The number of rotatable bonds is 4. The summed E-state index contributed by atoms with van der Waals surface area (Å²) in [6, 6.07) is 12.5. The molecule has 0 radical (unpaired) electrons. The van der Waals surface area contributed by atoms with Gasteiger partial charge in [-0.25, -0.2) is 26.4 Å². The topological polar surface area (TPSA) is 129 Å². The highest BCUT2D eigenvalue weighted by molar-refractivity contribution is 7.90. The number of halogens is 7. The largest absolute Gasteiger partial charge is 0.490 e. The number of hydrogen-bond acceptors (Lipinski definition) is 6. The summed E-state index contributed by atoms with van der Waals surface area (Å²) in [4.78, 5) is 20.2. The van der Waals surface area contributed by atoms with E-state index in [0.29, 0.717) is 5.52 Å². The Morgan fingerprint density at radius 1 is 0.850 bits per heavy atom. The fourth-order valence-corrected chi connectivity index (χ4v) is 4.73. The molecule has 1 aromatic heterocycles. The van der Waals surface area contributed by atoms with Crippen LogP contribution in [0.15, 0.2) is 59.6 Å². The number of hydrogen-bond donors (Lipinski definition) is 3. The molecule has 3 N–H and O–H groups in total. The molecule has 1 saturated heterocycles. The van der Waals surface area contributed by atoms with Gasteiger partial charge in [0.15, 0.2) is 0 Å². The van der Waals surface area contributed by atoms with Gasteiger partial charge in [-0.05, 0) is 42.0 Å². The third-order valence-corrected chi connectivity index (χ3v) is 6.95. The average molecular weight is 601 g/mol. The van der Waals surface area contributed by atoms with E-state index in [9.17, 15) is 39.2 Å². The normalized spacial score (nSPS) is 14.5. The van der Waals surface area contributed by atoms with Crippen molar-refractivity contribution >= 4 is 32.9 Å². The van der Waals surface area contributed by atoms with Crippen LogP contribution in [0.25, 0.3) is 10.9 Å². The lowest BCUT2D eigenvalue weighted by Gasteiger charge is -2.27. The van der Waals surface area contributed by atoms with Crippen LogP contribution in [0.3, 0.4) is 0 Å². The molecule has 0 unspecified atom stereocenters. The number of nitrogens with zero attached hydrogens (tertiary/aromatic N) is 2. The van der Waals surface area contributed by atoms with E-state index in [4.69, 9.17) is 19.8 Å². The summed E-state index contributed by atoms with van der Waals surface area (Å²) in [7, 11) is -3.76. The lowest BCUT2D eigenvalue weighted by atomic mass is 10.1. The fraction of sp³-hybridized carbons (Fsp3) is 0.304. The van der Waals surface area contributed by atoms with Crippen LogP contribution in [0.1, 0.15) is 5.56 Å². The van der Waals surface area contributed by atoms with Gasteiger partial charge in [0.1, 0.15) is 5.82 Å². The Morgan fingerprint density at radius 3 is 1.82 bits per heavy atom. The van der Waals surface area contributed by atoms with Gasteiger partial charge in [-0.1, -0.05) is 12.1 Å². The number of nitrogens with one attached hydrogen (secondary N) is 1. The van der Waals surface area contributed by atoms with Crippen molar-refractivity contribution < 1.29 is 59.0 Å². The zero-order valence-electron chi connectivity index (χ0n) is 20.2. The second-order valence-electron chi connectivity index (χ2n) is 8.05. The molecule has 0 bridgehead atoms. The molecule has 2 aromatic carbocycles. The Kier molecular flexibility index (Phi) is 10.6. The standard InChI is InChI=1S/C19H20FN3O2S.2C2HF3O2/c20-16-4-6-17(7-5-16)26(24,25)23-11-8-18-15(2-1-3-19(18)23)14-22-12-9-21-10-13-22;2*3-2(4,5)1(6)7/h1-8,11,21H,9-10,12-14H2;2*(H,6,7). The van der Waals surface area contributed by atoms with Crippen molar-refractivity contribution in [3.8, 4) is 0 Å². The van der Waals surface area contributed by atoms with E-state index in [0.717, 1.165) is 55.8 Å². The molecule has 0 atom stereocenters. The smallest absolute Gasteiger partial charge is 0.475 e. The fourth-order valence-electron chi connectivity index (χ4n) is 3.38. The van der Waals surface area contributed by atoms with Gasteiger partial charge in [-0.15, -0.1) is 0 Å². The number of carboxylic acid groups (broad SMARTS) is 2. The van der Waals surface area contributed by atoms with Gasteiger partial charge in [0.25, 0.3) is 10.0 Å². The summed E-state index contributed by atoms with van der Waals surface area (Å²) in [5.74, 6) is -5.97. The van der Waals surface area contributed by atoms with Crippen molar-refractivity contribution in [1.29, 1.82) is 0 Å². The van der Waals surface area contributed by atoms with Crippen LogP contribution >= 0.6 is 0 Å². The van der Waals surface area contributed by atoms with E-state index >= 15 is 0 Å². The number of carbonyl (C=O) groups is 2. The zero-order valence-corrected chi connectivity index (χ0v) is 21.0. The minimum Gasteiger partial charge on any atom is -0.475 e. The van der Waals surface area contributed by atoms with Gasteiger partial charge in [-0.2, -0.15) is 26.3 Å². The predicted octanol–water partition coefficient (Wildman–Crippen LogP) is 3.69. The van der Waals surface area contributed by atoms with Gasteiger partial charge in [0.2, 0.25) is 0 Å². The van der Waals surface area contributed by atoms with Gasteiger partial charge < -0.3 is 15.5 Å². The molecule has 9 nitrogen and oxygen atoms in total.